The average Bonchev–Trinajstić information content (AvgIpc) is 2.60. The molecule has 0 unspecified atom stereocenters. The van der Waals surface area contributed by atoms with E-state index in [0.29, 0.717) is 0 Å². The molecule has 0 aliphatic carbocycles. The Morgan fingerprint density at radius 3 is 1.76 bits per heavy atom. The Morgan fingerprint density at radius 2 is 1.36 bits per heavy atom. The van der Waals surface area contributed by atoms with Gasteiger partial charge in [0, 0.05) is 6.10 Å². The molecular weight excluding hydrogens is 435 g/mol. The zero-order valence-corrected chi connectivity index (χ0v) is 19.1. The minimum atomic E-state index is -2.37. The lowest BCUT2D eigenvalue weighted by atomic mass is 10.2. The fourth-order valence-corrected chi connectivity index (χ4v) is 8.85. The molecule has 0 heterocycles. The van der Waals surface area contributed by atoms with Gasteiger partial charge >= 0.3 is 0 Å². The van der Waals surface area contributed by atoms with Gasteiger partial charge in [-0.2, -0.15) is 0 Å². The topological polar surface area (TPSA) is 9.23 Å². The van der Waals surface area contributed by atoms with Crippen molar-refractivity contribution in [1.82, 2.24) is 0 Å². The molecule has 0 aromatic heterocycles. The van der Waals surface area contributed by atoms with Crippen LogP contribution >= 0.6 is 22.6 Å². The second kappa shape index (κ2) is 9.33. The van der Waals surface area contributed by atoms with Crippen LogP contribution in [0.3, 0.4) is 0 Å². The van der Waals surface area contributed by atoms with Gasteiger partial charge in [-0.3, -0.25) is 0 Å². The van der Waals surface area contributed by atoms with E-state index in [2.05, 4.69) is 111 Å². The summed E-state index contributed by atoms with van der Waals surface area (Å²) in [4.78, 5) is 0. The third kappa shape index (κ3) is 4.95. The van der Waals surface area contributed by atoms with Crippen molar-refractivity contribution in [3.05, 3.63) is 60.7 Å². The maximum absolute atomic E-state index is 7.06. The van der Waals surface area contributed by atoms with E-state index in [1.807, 2.05) is 0 Å². The molecule has 0 bridgehead atoms. The van der Waals surface area contributed by atoms with Crippen LogP contribution in [0.5, 0.6) is 0 Å². The van der Waals surface area contributed by atoms with Gasteiger partial charge in [-0.15, -0.1) is 0 Å². The molecular formula is C22H31IOSi. The van der Waals surface area contributed by atoms with E-state index in [1.54, 1.807) is 0 Å². The number of hydrogen-bond donors (Lipinski definition) is 0. The van der Waals surface area contributed by atoms with E-state index in [1.165, 1.54) is 27.6 Å². The summed E-state index contributed by atoms with van der Waals surface area (Å²) in [5, 5.41) is 2.80. The van der Waals surface area contributed by atoms with Crippen molar-refractivity contribution >= 4 is 41.3 Å². The highest BCUT2D eigenvalue weighted by Gasteiger charge is 2.50. The molecule has 0 radical (unpaired) electrons. The zero-order chi connectivity index (χ0) is 18.3. The maximum atomic E-state index is 7.06. The Balaban J connectivity index is 2.49. The molecule has 0 aliphatic heterocycles. The summed E-state index contributed by atoms with van der Waals surface area (Å²) < 4.78 is 8.28. The second-order valence-electron chi connectivity index (χ2n) is 7.78. The van der Waals surface area contributed by atoms with Crippen LogP contribution in [-0.2, 0) is 4.43 Å². The van der Waals surface area contributed by atoms with Crippen LogP contribution < -0.4 is 10.4 Å². The first-order chi connectivity index (χ1) is 11.9. The summed E-state index contributed by atoms with van der Waals surface area (Å²) in [5.41, 5.74) is 0. The Labute approximate surface area is 168 Å². The van der Waals surface area contributed by atoms with Crippen molar-refractivity contribution in [2.75, 3.05) is 4.43 Å². The standard InChI is InChI=1S/C22H31IOSi/c1-19(13-11-12-18-23)24-25(22(2,3)4,20-14-7-5-8-15-20)21-16-9-6-10-17-21/h5-10,14-17,19H,11-13,18H2,1-4H3/t19-/m1/s1. The molecule has 2 aromatic rings. The lowest BCUT2D eigenvalue weighted by Crippen LogP contribution is -2.67. The minimum Gasteiger partial charge on any atom is -0.405 e. The van der Waals surface area contributed by atoms with Crippen molar-refractivity contribution in [2.24, 2.45) is 0 Å². The van der Waals surface area contributed by atoms with Gasteiger partial charge in [0.25, 0.3) is 8.32 Å². The first-order valence-corrected chi connectivity index (χ1v) is 12.7. The average molecular weight is 466 g/mol. The Kier molecular flexibility index (Phi) is 7.71. The quantitative estimate of drug-likeness (QED) is 0.214. The molecule has 0 amide bonds. The second-order valence-corrected chi connectivity index (χ2v) is 13.1. The lowest BCUT2D eigenvalue weighted by Gasteiger charge is -2.44. The molecule has 2 aromatic carbocycles. The van der Waals surface area contributed by atoms with E-state index in [9.17, 15) is 0 Å². The third-order valence-electron chi connectivity index (χ3n) is 4.79. The first kappa shape index (κ1) is 20.7. The lowest BCUT2D eigenvalue weighted by molar-refractivity contribution is 0.193. The molecule has 0 saturated carbocycles. The van der Waals surface area contributed by atoms with E-state index in [0.717, 1.165) is 6.42 Å². The maximum Gasteiger partial charge on any atom is 0.261 e. The Hall–Kier alpha value is -0.653. The van der Waals surface area contributed by atoms with Gasteiger partial charge in [-0.25, -0.2) is 0 Å². The summed E-state index contributed by atoms with van der Waals surface area (Å²) in [6.07, 6.45) is 3.92. The first-order valence-electron chi connectivity index (χ1n) is 9.26. The summed E-state index contributed by atoms with van der Waals surface area (Å²) in [5.74, 6) is 0. The van der Waals surface area contributed by atoms with Crippen LogP contribution in [0.1, 0.15) is 47.0 Å². The van der Waals surface area contributed by atoms with Crippen LogP contribution in [0, 0.1) is 0 Å². The van der Waals surface area contributed by atoms with E-state index >= 15 is 0 Å². The van der Waals surface area contributed by atoms with E-state index in [4.69, 9.17) is 4.43 Å². The molecule has 25 heavy (non-hydrogen) atoms. The summed E-state index contributed by atoms with van der Waals surface area (Å²) >= 11 is 2.46. The fraction of sp³-hybridized carbons (Fsp3) is 0.455. The highest BCUT2D eigenvalue weighted by atomic mass is 127. The van der Waals surface area contributed by atoms with Crippen molar-refractivity contribution in [3.63, 3.8) is 0 Å². The molecule has 0 saturated heterocycles. The van der Waals surface area contributed by atoms with Crippen LogP contribution in [-0.4, -0.2) is 18.8 Å². The molecule has 1 nitrogen and oxygen atoms in total. The molecule has 0 N–H and O–H groups in total. The Morgan fingerprint density at radius 1 is 0.880 bits per heavy atom. The Bertz CT molecular complexity index is 582. The predicted octanol–water partition coefficient (Wildman–Crippen LogP) is 5.56. The highest BCUT2D eigenvalue weighted by Crippen LogP contribution is 2.37. The van der Waals surface area contributed by atoms with Crippen LogP contribution in [0.25, 0.3) is 0 Å². The van der Waals surface area contributed by atoms with Crippen LogP contribution in [0.15, 0.2) is 60.7 Å². The molecule has 3 heteroatoms. The number of unbranched alkanes of at least 4 members (excludes halogenated alkanes) is 1. The fourth-order valence-electron chi connectivity index (χ4n) is 3.58. The van der Waals surface area contributed by atoms with Crippen molar-refractivity contribution < 1.29 is 4.43 Å². The number of hydrogen-bond acceptors (Lipinski definition) is 1. The summed E-state index contributed by atoms with van der Waals surface area (Å²) in [6, 6.07) is 21.9. The summed E-state index contributed by atoms with van der Waals surface area (Å²) in [6.45, 7) is 9.29. The highest BCUT2D eigenvalue weighted by molar-refractivity contribution is 14.1. The van der Waals surface area contributed by atoms with Crippen LogP contribution in [0.4, 0.5) is 0 Å². The third-order valence-corrected chi connectivity index (χ3v) is 10.7. The number of rotatable bonds is 8. The largest absolute Gasteiger partial charge is 0.405 e. The molecule has 1 atom stereocenters. The summed E-state index contributed by atoms with van der Waals surface area (Å²) in [7, 11) is -2.37. The van der Waals surface area contributed by atoms with Gasteiger partial charge < -0.3 is 4.43 Å². The molecule has 136 valence electrons. The van der Waals surface area contributed by atoms with Gasteiger partial charge in [0.15, 0.2) is 0 Å². The zero-order valence-electron chi connectivity index (χ0n) is 16.0. The van der Waals surface area contributed by atoms with Crippen molar-refractivity contribution in [3.8, 4) is 0 Å². The monoisotopic (exact) mass is 466 g/mol. The number of benzene rings is 2. The number of alkyl halides is 1. The van der Waals surface area contributed by atoms with Gasteiger partial charge in [0.2, 0.25) is 0 Å². The van der Waals surface area contributed by atoms with E-state index < -0.39 is 8.32 Å². The van der Waals surface area contributed by atoms with Gasteiger partial charge in [-0.1, -0.05) is 110 Å². The molecule has 0 spiro atoms. The van der Waals surface area contributed by atoms with Gasteiger partial charge in [-0.05, 0) is 39.6 Å². The normalized spacial score (nSPS) is 13.6. The molecule has 0 aliphatic rings. The van der Waals surface area contributed by atoms with Crippen LogP contribution in [0.2, 0.25) is 5.04 Å². The smallest absolute Gasteiger partial charge is 0.261 e. The SMILES string of the molecule is C[C@H](CCCCI)O[Si](c1ccccc1)(c1ccccc1)C(C)(C)C. The van der Waals surface area contributed by atoms with Crippen molar-refractivity contribution in [2.45, 2.75) is 58.1 Å². The van der Waals surface area contributed by atoms with E-state index in [-0.39, 0.29) is 11.1 Å². The van der Waals surface area contributed by atoms with Gasteiger partial charge in [0.05, 0.1) is 0 Å². The van der Waals surface area contributed by atoms with Crippen molar-refractivity contribution in [1.29, 1.82) is 0 Å². The molecule has 2 rings (SSSR count). The number of halogens is 1. The predicted molar refractivity (Wildman–Crippen MR) is 121 cm³/mol. The molecule has 0 fully saturated rings. The van der Waals surface area contributed by atoms with Gasteiger partial charge in [0.1, 0.15) is 0 Å². The minimum absolute atomic E-state index is 0.0627.